The number of carbonyl (C=O) groups excluding carboxylic acids is 2. The van der Waals surface area contributed by atoms with E-state index < -0.39 is 17.3 Å². The van der Waals surface area contributed by atoms with Gasteiger partial charge in [0.2, 0.25) is 11.8 Å². The molecule has 0 aromatic heterocycles. The van der Waals surface area contributed by atoms with Gasteiger partial charge in [-0.15, -0.1) is 0 Å². The molecule has 0 unspecified atom stereocenters. The van der Waals surface area contributed by atoms with Gasteiger partial charge in [0.15, 0.2) is 0 Å². The van der Waals surface area contributed by atoms with Gasteiger partial charge in [0.1, 0.15) is 5.75 Å². The smallest absolute Gasteiger partial charge is 0.239 e. The van der Waals surface area contributed by atoms with E-state index in [1.807, 2.05) is 48.7 Å². The van der Waals surface area contributed by atoms with Gasteiger partial charge in [-0.3, -0.25) is 14.6 Å². The van der Waals surface area contributed by atoms with Crippen LogP contribution in [-0.2, 0) is 21.4 Å². The average Bonchev–Trinajstić information content (AvgIpc) is 3.26. The number of ether oxygens (including phenoxy) is 1. The van der Waals surface area contributed by atoms with Gasteiger partial charge < -0.3 is 4.74 Å². The molecule has 5 nitrogen and oxygen atoms in total. The number of aliphatic imine (C=N–C) groups is 1. The number of nitrogens with zero attached hydrogens (tertiary/aromatic N) is 2. The molecule has 0 N–H and O–H groups in total. The van der Waals surface area contributed by atoms with E-state index in [0.717, 1.165) is 39.9 Å². The predicted molar refractivity (Wildman–Crippen MR) is 152 cm³/mol. The number of anilines is 1. The number of amides is 2. The van der Waals surface area contributed by atoms with Gasteiger partial charge >= 0.3 is 0 Å². The van der Waals surface area contributed by atoms with Gasteiger partial charge in [0.25, 0.3) is 0 Å². The van der Waals surface area contributed by atoms with Crippen LogP contribution in [0.2, 0.25) is 0 Å². The Labute approximate surface area is 227 Å². The van der Waals surface area contributed by atoms with Gasteiger partial charge in [-0.2, -0.15) is 0 Å². The molecule has 2 amide bonds. The summed E-state index contributed by atoms with van der Waals surface area (Å²) in [5.74, 6) is -0.972. The molecule has 4 aliphatic rings. The van der Waals surface area contributed by atoms with Gasteiger partial charge in [0, 0.05) is 12.1 Å². The summed E-state index contributed by atoms with van der Waals surface area (Å²) in [6, 6.07) is 31.8. The molecule has 0 saturated carbocycles. The Morgan fingerprint density at radius 1 is 0.821 bits per heavy atom. The fraction of sp³-hybridized carbons (Fsp3) is 0.206. The molecular formula is C34H28N2O3. The second-order valence-electron chi connectivity index (χ2n) is 10.5. The fourth-order valence-electron chi connectivity index (χ4n) is 7.14. The zero-order chi connectivity index (χ0) is 26.7. The topological polar surface area (TPSA) is 59.0 Å². The number of hydrogen-bond donors (Lipinski definition) is 0. The number of imide groups is 1. The molecule has 1 aliphatic heterocycles. The first-order valence-corrected chi connectivity index (χ1v) is 13.4. The van der Waals surface area contributed by atoms with Gasteiger partial charge in [-0.1, -0.05) is 73.7 Å². The third-order valence-electron chi connectivity index (χ3n) is 8.79. The van der Waals surface area contributed by atoms with E-state index in [1.54, 1.807) is 31.4 Å². The summed E-state index contributed by atoms with van der Waals surface area (Å²) >= 11 is 0. The van der Waals surface area contributed by atoms with Crippen LogP contribution in [0.25, 0.3) is 0 Å². The molecule has 0 spiro atoms. The lowest BCUT2D eigenvalue weighted by atomic mass is 9.47. The van der Waals surface area contributed by atoms with Crippen LogP contribution in [-0.4, -0.2) is 25.1 Å². The van der Waals surface area contributed by atoms with Crippen molar-refractivity contribution in [2.75, 3.05) is 12.0 Å². The second kappa shape index (κ2) is 8.77. The molecule has 0 radical (unpaired) electrons. The monoisotopic (exact) mass is 512 g/mol. The average molecular weight is 513 g/mol. The van der Waals surface area contributed by atoms with E-state index in [-0.39, 0.29) is 17.7 Å². The molecule has 1 saturated heterocycles. The largest absolute Gasteiger partial charge is 0.497 e. The molecule has 4 aromatic carbocycles. The SMILES string of the molecule is CCc1ccccc1N=CC12c3ccccc3C(c3ccccc31)[C@@H]1C(=O)N(c3ccc(OC)cc3)C(=O)[C@@H]12. The van der Waals surface area contributed by atoms with Crippen molar-refractivity contribution >= 4 is 29.4 Å². The number of methoxy groups -OCH3 is 1. The first-order chi connectivity index (χ1) is 19.1. The van der Waals surface area contributed by atoms with Gasteiger partial charge in [-0.05, 0) is 64.6 Å². The van der Waals surface area contributed by atoms with Gasteiger partial charge in [-0.25, -0.2) is 4.90 Å². The molecule has 1 heterocycles. The maximum Gasteiger partial charge on any atom is 0.239 e. The predicted octanol–water partition coefficient (Wildman–Crippen LogP) is 6.21. The van der Waals surface area contributed by atoms with Crippen molar-refractivity contribution in [3.8, 4) is 5.75 Å². The zero-order valence-electron chi connectivity index (χ0n) is 21.9. The molecule has 1 fully saturated rings. The van der Waals surface area contributed by atoms with Crippen molar-refractivity contribution < 1.29 is 14.3 Å². The van der Waals surface area contributed by atoms with Crippen molar-refractivity contribution in [3.63, 3.8) is 0 Å². The Hall–Kier alpha value is -4.51. The molecule has 192 valence electrons. The lowest BCUT2D eigenvalue weighted by Gasteiger charge is -2.52. The maximum absolute atomic E-state index is 14.5. The molecule has 8 rings (SSSR count). The second-order valence-corrected chi connectivity index (χ2v) is 10.5. The minimum atomic E-state index is -0.874. The summed E-state index contributed by atoms with van der Waals surface area (Å²) in [5.41, 5.74) is 6.04. The number of para-hydroxylation sites is 1. The first kappa shape index (κ1) is 23.6. The standard InChI is InChI=1S/C34H28N2O3/c1-3-21-10-4-9-15-28(21)35-20-34-26-13-7-5-11-24(26)29(25-12-6-8-14-27(25)34)30-31(34)33(38)36(32(30)37)22-16-18-23(39-2)19-17-22/h4-20,29-31H,3H2,1-2H3/t29?,30-,31+,34?/m0/s1. The number of hydrogen-bond acceptors (Lipinski definition) is 4. The summed E-state index contributed by atoms with van der Waals surface area (Å²) in [6.07, 6.45) is 2.82. The van der Waals surface area contributed by atoms with E-state index in [0.29, 0.717) is 11.4 Å². The maximum atomic E-state index is 14.5. The van der Waals surface area contributed by atoms with Crippen LogP contribution < -0.4 is 9.64 Å². The van der Waals surface area contributed by atoms with Crippen molar-refractivity contribution in [3.05, 3.63) is 125 Å². The van der Waals surface area contributed by atoms with Crippen LogP contribution in [0.1, 0.15) is 40.7 Å². The van der Waals surface area contributed by atoms with E-state index in [4.69, 9.17) is 9.73 Å². The van der Waals surface area contributed by atoms with E-state index in [9.17, 15) is 9.59 Å². The lowest BCUT2D eigenvalue weighted by molar-refractivity contribution is -0.122. The third-order valence-corrected chi connectivity index (χ3v) is 8.79. The summed E-state index contributed by atoms with van der Waals surface area (Å²) < 4.78 is 5.31. The quantitative estimate of drug-likeness (QED) is 0.236. The van der Waals surface area contributed by atoms with Crippen LogP contribution in [0, 0.1) is 11.8 Å². The Bertz CT molecular complexity index is 1610. The zero-order valence-corrected chi connectivity index (χ0v) is 21.9. The van der Waals surface area contributed by atoms with Crippen LogP contribution in [0.15, 0.2) is 102 Å². The molecule has 2 bridgehead atoms. The van der Waals surface area contributed by atoms with Gasteiger partial charge in [0.05, 0.1) is 35.7 Å². The Morgan fingerprint density at radius 3 is 2.08 bits per heavy atom. The third kappa shape index (κ3) is 3.16. The first-order valence-electron chi connectivity index (χ1n) is 13.4. The normalized spacial score (nSPS) is 24.6. The van der Waals surface area contributed by atoms with E-state index in [2.05, 4.69) is 37.3 Å². The highest BCUT2D eigenvalue weighted by molar-refractivity contribution is 6.25. The summed E-state index contributed by atoms with van der Waals surface area (Å²) in [6.45, 7) is 2.12. The highest BCUT2D eigenvalue weighted by Crippen LogP contribution is 2.63. The molecule has 3 aliphatic carbocycles. The number of rotatable bonds is 5. The molecule has 39 heavy (non-hydrogen) atoms. The van der Waals surface area contributed by atoms with Crippen molar-refractivity contribution in [2.45, 2.75) is 24.7 Å². The Morgan fingerprint density at radius 2 is 1.44 bits per heavy atom. The fourth-order valence-corrected chi connectivity index (χ4v) is 7.14. The van der Waals surface area contributed by atoms with Crippen LogP contribution in [0.3, 0.4) is 0 Å². The van der Waals surface area contributed by atoms with Crippen LogP contribution >= 0.6 is 0 Å². The number of benzene rings is 4. The van der Waals surface area contributed by atoms with Crippen molar-refractivity contribution in [1.82, 2.24) is 0 Å². The van der Waals surface area contributed by atoms with Crippen molar-refractivity contribution in [1.29, 1.82) is 0 Å². The molecule has 4 aromatic rings. The summed E-state index contributed by atoms with van der Waals surface area (Å²) in [7, 11) is 1.60. The van der Waals surface area contributed by atoms with E-state index >= 15 is 0 Å². The molecule has 5 heteroatoms. The minimum absolute atomic E-state index is 0.157. The number of aryl methyl sites for hydroxylation is 1. The lowest BCUT2D eigenvalue weighted by Crippen LogP contribution is -2.54. The summed E-state index contributed by atoms with van der Waals surface area (Å²) in [4.78, 5) is 35.2. The van der Waals surface area contributed by atoms with Crippen LogP contribution in [0.5, 0.6) is 5.75 Å². The minimum Gasteiger partial charge on any atom is -0.497 e. The summed E-state index contributed by atoms with van der Waals surface area (Å²) in [5, 5.41) is 0. The van der Waals surface area contributed by atoms with E-state index in [1.165, 1.54) is 4.90 Å². The highest BCUT2D eigenvalue weighted by Gasteiger charge is 2.67. The molecule has 2 atom stereocenters. The highest BCUT2D eigenvalue weighted by atomic mass is 16.5. The van der Waals surface area contributed by atoms with Crippen molar-refractivity contribution in [2.24, 2.45) is 16.8 Å². The number of carbonyl (C=O) groups is 2. The molecular weight excluding hydrogens is 484 g/mol. The Kier molecular flexibility index (Phi) is 5.31. The van der Waals surface area contributed by atoms with Crippen LogP contribution in [0.4, 0.5) is 11.4 Å². The Balaban J connectivity index is 1.48.